The van der Waals surface area contributed by atoms with Gasteiger partial charge in [-0.05, 0) is 19.4 Å². The summed E-state index contributed by atoms with van der Waals surface area (Å²) in [6.07, 6.45) is -0.890. The predicted molar refractivity (Wildman–Crippen MR) is 86.5 cm³/mol. The zero-order valence-electron chi connectivity index (χ0n) is 14.0. The molecule has 1 aromatic rings. The second-order valence-electron chi connectivity index (χ2n) is 5.94. The summed E-state index contributed by atoms with van der Waals surface area (Å²) in [5.41, 5.74) is -0.692. The van der Waals surface area contributed by atoms with Crippen molar-refractivity contribution >= 4 is 7.60 Å². The standard InChI is InChI=1S/C15H22NO7P/c1-10-13(16(18)19)12(11-8-6-5-7-9-11)14(15(2,17)23-10)24(20,21-3)22-4/h5-10,12-14,17H,1-4H3/t10-,12+,13-,14-,15+/m1/s1. The highest BCUT2D eigenvalue weighted by atomic mass is 31.2. The molecule has 1 saturated heterocycles. The lowest BCUT2D eigenvalue weighted by atomic mass is 9.80. The fourth-order valence-electron chi connectivity index (χ4n) is 3.48. The van der Waals surface area contributed by atoms with Crippen LogP contribution in [0.5, 0.6) is 0 Å². The largest absolute Gasteiger partial charge is 0.365 e. The Morgan fingerprint density at radius 1 is 1.29 bits per heavy atom. The number of hydrogen-bond donors (Lipinski definition) is 1. The van der Waals surface area contributed by atoms with E-state index in [-0.39, 0.29) is 0 Å². The van der Waals surface area contributed by atoms with Crippen LogP contribution in [-0.4, -0.2) is 47.8 Å². The maximum atomic E-state index is 13.1. The number of aliphatic hydroxyl groups is 1. The Hall–Kier alpha value is -1.31. The molecule has 134 valence electrons. The Bertz CT molecular complexity index is 628. The van der Waals surface area contributed by atoms with E-state index in [2.05, 4.69) is 0 Å². The van der Waals surface area contributed by atoms with Gasteiger partial charge < -0.3 is 18.9 Å². The molecule has 0 amide bonds. The van der Waals surface area contributed by atoms with Crippen molar-refractivity contribution in [3.63, 3.8) is 0 Å². The molecule has 0 radical (unpaired) electrons. The molecule has 0 spiro atoms. The monoisotopic (exact) mass is 359 g/mol. The van der Waals surface area contributed by atoms with Crippen LogP contribution in [0, 0.1) is 10.1 Å². The van der Waals surface area contributed by atoms with Gasteiger partial charge in [0.15, 0.2) is 5.79 Å². The molecule has 24 heavy (non-hydrogen) atoms. The molecule has 5 atom stereocenters. The molecule has 1 N–H and O–H groups in total. The third-order valence-electron chi connectivity index (χ3n) is 4.44. The summed E-state index contributed by atoms with van der Waals surface area (Å²) in [5.74, 6) is -2.83. The van der Waals surface area contributed by atoms with E-state index in [0.717, 1.165) is 0 Å². The Labute approximate surface area is 140 Å². The van der Waals surface area contributed by atoms with Gasteiger partial charge in [0, 0.05) is 19.1 Å². The summed E-state index contributed by atoms with van der Waals surface area (Å²) in [5, 5.41) is 22.4. The van der Waals surface area contributed by atoms with Gasteiger partial charge in [0.1, 0.15) is 11.8 Å². The van der Waals surface area contributed by atoms with Crippen molar-refractivity contribution in [1.29, 1.82) is 0 Å². The molecule has 1 aliphatic rings. The van der Waals surface area contributed by atoms with Crippen molar-refractivity contribution in [3.8, 4) is 0 Å². The Balaban J connectivity index is 2.69. The zero-order valence-corrected chi connectivity index (χ0v) is 14.9. The van der Waals surface area contributed by atoms with Gasteiger partial charge in [-0.25, -0.2) is 0 Å². The lowest BCUT2D eigenvalue weighted by Crippen LogP contribution is -2.60. The number of ether oxygens (including phenoxy) is 1. The third-order valence-corrected chi connectivity index (χ3v) is 6.94. The number of benzene rings is 1. The normalized spacial score (nSPS) is 34.0. The van der Waals surface area contributed by atoms with Crippen LogP contribution in [0.4, 0.5) is 0 Å². The minimum Gasteiger partial charge on any atom is -0.365 e. The minimum absolute atomic E-state index is 0.472. The van der Waals surface area contributed by atoms with Gasteiger partial charge in [0.2, 0.25) is 6.04 Å². The molecule has 9 heteroatoms. The molecule has 1 aromatic carbocycles. The first kappa shape index (κ1) is 19.0. The summed E-state index contributed by atoms with van der Waals surface area (Å²) >= 11 is 0. The van der Waals surface area contributed by atoms with Crippen molar-refractivity contribution in [2.45, 2.75) is 43.4 Å². The van der Waals surface area contributed by atoms with Gasteiger partial charge in [-0.3, -0.25) is 14.7 Å². The highest BCUT2D eigenvalue weighted by Gasteiger charge is 2.63. The average Bonchev–Trinajstić information content (AvgIpc) is 2.53. The van der Waals surface area contributed by atoms with Gasteiger partial charge in [-0.15, -0.1) is 0 Å². The van der Waals surface area contributed by atoms with E-state index in [9.17, 15) is 19.8 Å². The highest BCUT2D eigenvalue weighted by Crippen LogP contribution is 2.62. The van der Waals surface area contributed by atoms with Crippen LogP contribution in [0.25, 0.3) is 0 Å². The van der Waals surface area contributed by atoms with Crippen molar-refractivity contribution in [2.24, 2.45) is 0 Å². The molecular formula is C15H22NO7P. The van der Waals surface area contributed by atoms with Gasteiger partial charge in [-0.2, -0.15) is 0 Å². The summed E-state index contributed by atoms with van der Waals surface area (Å²) in [6, 6.07) is 7.39. The average molecular weight is 359 g/mol. The van der Waals surface area contributed by atoms with Crippen LogP contribution in [0.3, 0.4) is 0 Å². The minimum atomic E-state index is -3.88. The maximum Gasteiger partial charge on any atom is 0.339 e. The lowest BCUT2D eigenvalue weighted by Gasteiger charge is -2.47. The maximum absolute atomic E-state index is 13.1. The Kier molecular flexibility index (Phi) is 5.47. The molecule has 8 nitrogen and oxygen atoms in total. The van der Waals surface area contributed by atoms with Crippen molar-refractivity contribution < 1.29 is 28.4 Å². The van der Waals surface area contributed by atoms with Crippen LogP contribution in [0.1, 0.15) is 25.3 Å². The van der Waals surface area contributed by atoms with Crippen LogP contribution in [-0.2, 0) is 18.3 Å². The SMILES string of the molecule is COP(=O)(OC)[C@@H]1[C@@H](c2ccccc2)[C@H]([N+](=O)[O-])[C@@H](C)O[C@]1(C)O. The van der Waals surface area contributed by atoms with E-state index < -0.39 is 42.0 Å². The van der Waals surface area contributed by atoms with E-state index >= 15 is 0 Å². The molecule has 0 saturated carbocycles. The van der Waals surface area contributed by atoms with Gasteiger partial charge in [0.25, 0.3) is 0 Å². The van der Waals surface area contributed by atoms with Gasteiger partial charge in [-0.1, -0.05) is 30.3 Å². The molecule has 1 fully saturated rings. The summed E-state index contributed by atoms with van der Waals surface area (Å²) < 4.78 is 28.6. The predicted octanol–water partition coefficient (Wildman–Crippen LogP) is 2.40. The molecule has 0 unspecified atom stereocenters. The van der Waals surface area contributed by atoms with Crippen molar-refractivity contribution in [1.82, 2.24) is 0 Å². The van der Waals surface area contributed by atoms with E-state index in [0.29, 0.717) is 5.56 Å². The molecule has 1 aliphatic heterocycles. The molecule has 2 rings (SSSR count). The number of nitro groups is 1. The second kappa shape index (κ2) is 6.90. The fraction of sp³-hybridized carbons (Fsp3) is 0.600. The van der Waals surface area contributed by atoms with E-state index in [1.807, 2.05) is 0 Å². The summed E-state index contributed by atoms with van der Waals surface area (Å²) in [7, 11) is -1.52. The quantitative estimate of drug-likeness (QED) is 0.488. The lowest BCUT2D eigenvalue weighted by molar-refractivity contribution is -0.552. The molecule has 0 aromatic heterocycles. The van der Waals surface area contributed by atoms with Crippen molar-refractivity contribution in [3.05, 3.63) is 46.0 Å². The van der Waals surface area contributed by atoms with Crippen LogP contribution >= 0.6 is 7.60 Å². The fourth-order valence-corrected chi connectivity index (χ4v) is 5.47. The zero-order chi connectivity index (χ0) is 18.1. The summed E-state index contributed by atoms with van der Waals surface area (Å²) in [6.45, 7) is 2.84. The first-order valence-electron chi connectivity index (χ1n) is 7.47. The molecule has 1 heterocycles. The first-order valence-corrected chi connectivity index (χ1v) is 9.09. The van der Waals surface area contributed by atoms with Crippen molar-refractivity contribution in [2.75, 3.05) is 14.2 Å². The van der Waals surface area contributed by atoms with Crippen LogP contribution < -0.4 is 0 Å². The number of nitrogens with zero attached hydrogens (tertiary/aromatic N) is 1. The van der Waals surface area contributed by atoms with Crippen LogP contribution in [0.15, 0.2) is 30.3 Å². The second-order valence-corrected chi connectivity index (χ2v) is 8.31. The van der Waals surface area contributed by atoms with Gasteiger partial charge >= 0.3 is 7.60 Å². The number of hydrogen-bond acceptors (Lipinski definition) is 7. The van der Waals surface area contributed by atoms with E-state index in [4.69, 9.17) is 13.8 Å². The molecule has 0 aliphatic carbocycles. The first-order chi connectivity index (χ1) is 11.2. The summed E-state index contributed by atoms with van der Waals surface area (Å²) in [4.78, 5) is 11.2. The molecule has 0 bridgehead atoms. The van der Waals surface area contributed by atoms with Gasteiger partial charge in [0.05, 0.1) is 5.92 Å². The Morgan fingerprint density at radius 3 is 2.29 bits per heavy atom. The smallest absolute Gasteiger partial charge is 0.339 e. The topological polar surface area (TPSA) is 108 Å². The van der Waals surface area contributed by atoms with Crippen LogP contribution in [0.2, 0.25) is 0 Å². The highest BCUT2D eigenvalue weighted by molar-refractivity contribution is 7.54. The molecular weight excluding hydrogens is 337 g/mol. The van der Waals surface area contributed by atoms with E-state index in [1.54, 1.807) is 30.3 Å². The number of rotatable bonds is 5. The van der Waals surface area contributed by atoms with E-state index in [1.165, 1.54) is 28.1 Å². The third kappa shape index (κ3) is 3.25. The Morgan fingerprint density at radius 2 is 1.83 bits per heavy atom.